The van der Waals surface area contributed by atoms with E-state index in [-0.39, 0.29) is 29.9 Å². The second-order valence-corrected chi connectivity index (χ2v) is 7.35. The van der Waals surface area contributed by atoms with Crippen molar-refractivity contribution in [3.05, 3.63) is 21.3 Å². The highest BCUT2D eigenvalue weighted by molar-refractivity contribution is 14.0. The molecule has 130 valence electrons. The van der Waals surface area contributed by atoms with Gasteiger partial charge in [0.05, 0.1) is 4.34 Å². The van der Waals surface area contributed by atoms with E-state index < -0.39 is 0 Å². The zero-order valence-corrected chi connectivity index (χ0v) is 17.2. The van der Waals surface area contributed by atoms with Crippen LogP contribution in [0, 0.1) is 5.92 Å². The summed E-state index contributed by atoms with van der Waals surface area (Å²) in [5.41, 5.74) is 5.31. The van der Waals surface area contributed by atoms with Gasteiger partial charge in [-0.2, -0.15) is 0 Å². The van der Waals surface area contributed by atoms with Crippen molar-refractivity contribution < 1.29 is 4.79 Å². The van der Waals surface area contributed by atoms with E-state index in [9.17, 15) is 4.79 Å². The van der Waals surface area contributed by atoms with Crippen LogP contribution in [-0.4, -0.2) is 43.4 Å². The van der Waals surface area contributed by atoms with Crippen LogP contribution in [0.2, 0.25) is 4.34 Å². The van der Waals surface area contributed by atoms with Gasteiger partial charge in [-0.3, -0.25) is 9.79 Å². The van der Waals surface area contributed by atoms with Crippen LogP contribution in [0.4, 0.5) is 0 Å². The van der Waals surface area contributed by atoms with Crippen molar-refractivity contribution in [3.63, 3.8) is 0 Å². The summed E-state index contributed by atoms with van der Waals surface area (Å²) in [6.45, 7) is 2.63. The van der Waals surface area contributed by atoms with Gasteiger partial charge in [0.1, 0.15) is 0 Å². The fourth-order valence-corrected chi connectivity index (χ4v) is 3.91. The molecule has 23 heavy (non-hydrogen) atoms. The van der Waals surface area contributed by atoms with E-state index in [0.717, 1.165) is 49.2 Å². The average molecular weight is 471 g/mol. The number of likely N-dealkylation sites (tertiary alicyclic amines) is 1. The Bertz CT molecular complexity index is 537. The minimum Gasteiger partial charge on any atom is -0.370 e. The normalized spacial score (nSPS) is 18.4. The number of carbonyl (C=O) groups excluding carboxylic acids is 1. The van der Waals surface area contributed by atoms with Gasteiger partial charge in [0.15, 0.2) is 5.96 Å². The average Bonchev–Trinajstić information content (AvgIpc) is 2.89. The van der Waals surface area contributed by atoms with Gasteiger partial charge in [-0.05, 0) is 37.3 Å². The highest BCUT2D eigenvalue weighted by atomic mass is 127. The minimum absolute atomic E-state index is 0. The molecule has 0 aliphatic carbocycles. The molecule has 1 aliphatic rings. The fourth-order valence-electron chi connectivity index (χ4n) is 2.82. The van der Waals surface area contributed by atoms with Crippen LogP contribution in [0.15, 0.2) is 17.1 Å². The number of hydrogen-bond acceptors (Lipinski definition) is 3. The van der Waals surface area contributed by atoms with Crippen molar-refractivity contribution in [2.45, 2.75) is 25.7 Å². The second-order valence-electron chi connectivity index (χ2n) is 5.55. The number of aliphatic imine (C=N–C) groups is 1. The molecule has 0 saturated carbocycles. The van der Waals surface area contributed by atoms with Crippen LogP contribution in [-0.2, 0) is 11.2 Å². The summed E-state index contributed by atoms with van der Waals surface area (Å²) in [5, 5.41) is 3.39. The first kappa shape index (κ1) is 20.5. The predicted octanol–water partition coefficient (Wildman–Crippen LogP) is 2.72. The molecule has 0 aromatic carbocycles. The number of nitrogens with zero attached hydrogens (tertiary/aromatic N) is 2. The first-order chi connectivity index (χ1) is 10.6. The van der Waals surface area contributed by atoms with E-state index in [1.165, 1.54) is 4.88 Å². The highest BCUT2D eigenvalue weighted by Crippen LogP contribution is 2.22. The first-order valence-corrected chi connectivity index (χ1v) is 8.76. The van der Waals surface area contributed by atoms with Crippen molar-refractivity contribution in [3.8, 4) is 0 Å². The third-order valence-electron chi connectivity index (χ3n) is 3.80. The number of halogens is 2. The molecule has 1 aliphatic heterocycles. The number of carbonyl (C=O) groups is 1. The molecule has 0 bridgehead atoms. The van der Waals surface area contributed by atoms with Gasteiger partial charge in [0.25, 0.3) is 0 Å². The number of nitrogens with one attached hydrogen (secondary N) is 1. The van der Waals surface area contributed by atoms with Crippen LogP contribution in [0.3, 0.4) is 0 Å². The van der Waals surface area contributed by atoms with Crippen LogP contribution >= 0.6 is 46.9 Å². The fraction of sp³-hybridized carbons (Fsp3) is 0.600. The van der Waals surface area contributed by atoms with Crippen molar-refractivity contribution in [2.24, 2.45) is 16.6 Å². The Morgan fingerprint density at radius 1 is 1.57 bits per heavy atom. The highest BCUT2D eigenvalue weighted by Gasteiger charge is 2.23. The van der Waals surface area contributed by atoms with E-state index in [1.54, 1.807) is 18.4 Å². The Hall–Kier alpha value is -0.540. The molecule has 1 aromatic rings. The number of thiophene rings is 1. The van der Waals surface area contributed by atoms with E-state index in [1.807, 2.05) is 6.07 Å². The molecule has 1 atom stereocenters. The number of guanidine groups is 1. The molecule has 2 heterocycles. The summed E-state index contributed by atoms with van der Waals surface area (Å²) in [7, 11) is 1.79. The van der Waals surface area contributed by atoms with E-state index in [2.05, 4.69) is 21.3 Å². The molecule has 0 spiro atoms. The lowest BCUT2D eigenvalue weighted by molar-refractivity contribution is -0.119. The lowest BCUT2D eigenvalue weighted by Gasteiger charge is -2.34. The third kappa shape index (κ3) is 6.84. The van der Waals surface area contributed by atoms with Gasteiger partial charge >= 0.3 is 0 Å². The Morgan fingerprint density at radius 3 is 2.96 bits per heavy atom. The molecule has 0 radical (unpaired) electrons. The second kappa shape index (κ2) is 10.4. The first-order valence-electron chi connectivity index (χ1n) is 7.56. The van der Waals surface area contributed by atoms with E-state index in [0.29, 0.717) is 12.3 Å². The Morgan fingerprint density at radius 2 is 2.35 bits per heavy atom. The maximum absolute atomic E-state index is 11.1. The number of hydrogen-bond donors (Lipinski definition) is 2. The van der Waals surface area contributed by atoms with Gasteiger partial charge in [-0.15, -0.1) is 35.3 Å². The largest absolute Gasteiger partial charge is 0.370 e. The summed E-state index contributed by atoms with van der Waals surface area (Å²) in [6.07, 6.45) is 3.51. The maximum Gasteiger partial charge on any atom is 0.217 e. The molecule has 1 saturated heterocycles. The lowest BCUT2D eigenvalue weighted by Crippen LogP contribution is -2.47. The molecule has 1 amide bonds. The van der Waals surface area contributed by atoms with Crippen molar-refractivity contribution in [1.82, 2.24) is 10.2 Å². The number of primary amides is 1. The van der Waals surface area contributed by atoms with Crippen molar-refractivity contribution in [2.75, 3.05) is 26.7 Å². The molecule has 3 N–H and O–H groups in total. The topological polar surface area (TPSA) is 70.7 Å². The van der Waals surface area contributed by atoms with Crippen LogP contribution < -0.4 is 11.1 Å². The zero-order chi connectivity index (χ0) is 15.9. The number of nitrogens with two attached hydrogens (primary N) is 1. The standard InChI is InChI=1S/C15H23ClN4OS.HI/c1-18-15(19-7-6-12-4-5-13(16)22-12)20-8-2-3-11(10-20)9-14(17)21;/h4-5,11H,2-3,6-10H2,1H3,(H2,17,21)(H,18,19);1H. The molecule has 5 nitrogen and oxygen atoms in total. The molecular formula is C15H24ClIN4OS. The van der Waals surface area contributed by atoms with Gasteiger partial charge in [-0.1, -0.05) is 11.6 Å². The SMILES string of the molecule is CN=C(NCCc1ccc(Cl)s1)N1CCCC(CC(N)=O)C1.I. The van der Waals surface area contributed by atoms with Gasteiger partial charge in [0.2, 0.25) is 5.91 Å². The molecule has 8 heteroatoms. The number of rotatable bonds is 5. The van der Waals surface area contributed by atoms with Gasteiger partial charge < -0.3 is 16.0 Å². The van der Waals surface area contributed by atoms with E-state index >= 15 is 0 Å². The van der Waals surface area contributed by atoms with Crippen LogP contribution in [0.5, 0.6) is 0 Å². The molecule has 2 rings (SSSR count). The number of piperidine rings is 1. The van der Waals surface area contributed by atoms with Crippen molar-refractivity contribution in [1.29, 1.82) is 0 Å². The summed E-state index contributed by atoms with van der Waals surface area (Å²) in [4.78, 5) is 18.9. The maximum atomic E-state index is 11.1. The van der Waals surface area contributed by atoms with Gasteiger partial charge in [-0.25, -0.2) is 0 Å². The smallest absolute Gasteiger partial charge is 0.217 e. The summed E-state index contributed by atoms with van der Waals surface area (Å²) in [5.74, 6) is 1.02. The number of amides is 1. The molecule has 1 unspecified atom stereocenters. The summed E-state index contributed by atoms with van der Waals surface area (Å²) >= 11 is 7.55. The quantitative estimate of drug-likeness (QED) is 0.395. The Balaban J connectivity index is 0.00000264. The summed E-state index contributed by atoms with van der Waals surface area (Å²) in [6, 6.07) is 3.98. The summed E-state index contributed by atoms with van der Waals surface area (Å²) < 4.78 is 0.824. The Kier molecular flexibility index (Phi) is 9.23. The van der Waals surface area contributed by atoms with Crippen LogP contribution in [0.1, 0.15) is 24.1 Å². The zero-order valence-electron chi connectivity index (χ0n) is 13.3. The van der Waals surface area contributed by atoms with E-state index in [4.69, 9.17) is 17.3 Å². The lowest BCUT2D eigenvalue weighted by atomic mass is 9.95. The van der Waals surface area contributed by atoms with Gasteiger partial charge in [0, 0.05) is 38.0 Å². The Labute approximate surface area is 163 Å². The molecule has 1 fully saturated rings. The molecule has 1 aromatic heterocycles. The third-order valence-corrected chi connectivity index (χ3v) is 5.09. The monoisotopic (exact) mass is 470 g/mol. The minimum atomic E-state index is -0.218. The molecular weight excluding hydrogens is 447 g/mol. The van der Waals surface area contributed by atoms with Crippen molar-refractivity contribution >= 4 is 58.8 Å². The predicted molar refractivity (Wildman–Crippen MR) is 108 cm³/mol. The van der Waals surface area contributed by atoms with Crippen LogP contribution in [0.25, 0.3) is 0 Å².